The number of fused-ring (bicyclic) bond motifs is 1. The molecule has 2 aliphatic rings. The number of ether oxygens (including phenoxy) is 3. The fourth-order valence-corrected chi connectivity index (χ4v) is 5.04. The maximum Gasteiger partial charge on any atom is 0.295 e. The van der Waals surface area contributed by atoms with Crippen LogP contribution >= 0.6 is 0 Å². The highest BCUT2D eigenvalue weighted by atomic mass is 16.5. The average Bonchev–Trinajstić information content (AvgIpc) is 3.17. The van der Waals surface area contributed by atoms with Crippen molar-refractivity contribution in [2.45, 2.75) is 32.5 Å². The summed E-state index contributed by atoms with van der Waals surface area (Å²) in [6.07, 6.45) is -0.0573. The van der Waals surface area contributed by atoms with E-state index in [9.17, 15) is 14.7 Å². The molecule has 8 heteroatoms. The van der Waals surface area contributed by atoms with Crippen molar-refractivity contribution in [3.63, 3.8) is 0 Å². The number of aliphatic hydroxyl groups is 1. The average molecular weight is 529 g/mol. The van der Waals surface area contributed by atoms with Gasteiger partial charge in [0.25, 0.3) is 11.7 Å². The molecular formula is C31H32N2O6. The zero-order valence-corrected chi connectivity index (χ0v) is 22.5. The van der Waals surface area contributed by atoms with Gasteiger partial charge in [0.15, 0.2) is 0 Å². The summed E-state index contributed by atoms with van der Waals surface area (Å²) >= 11 is 0. The predicted octanol–water partition coefficient (Wildman–Crippen LogP) is 4.93. The molecule has 3 aromatic carbocycles. The Bertz CT molecular complexity index is 1450. The number of methoxy groups -OCH3 is 1. The van der Waals surface area contributed by atoms with Crippen molar-refractivity contribution in [3.05, 3.63) is 89.0 Å². The number of Topliss-reactive ketones (excluding diaryl/α,β-unsaturated/α-hetero) is 1. The summed E-state index contributed by atoms with van der Waals surface area (Å²) in [5.74, 6) is 0.309. The Hall–Kier alpha value is -4.46. The van der Waals surface area contributed by atoms with Crippen molar-refractivity contribution in [2.24, 2.45) is 0 Å². The molecule has 5 rings (SSSR count). The molecule has 1 unspecified atom stereocenters. The number of aliphatic hydroxyl groups excluding tert-OH is 1. The number of hydrogen-bond donors (Lipinski definition) is 1. The molecule has 0 saturated carbocycles. The van der Waals surface area contributed by atoms with Crippen LogP contribution in [0.4, 0.5) is 5.69 Å². The smallest absolute Gasteiger partial charge is 0.295 e. The lowest BCUT2D eigenvalue weighted by atomic mass is 9.94. The Kier molecular flexibility index (Phi) is 7.19. The summed E-state index contributed by atoms with van der Waals surface area (Å²) in [6.45, 7) is 5.28. The van der Waals surface area contributed by atoms with E-state index in [0.717, 1.165) is 11.3 Å². The van der Waals surface area contributed by atoms with Gasteiger partial charge in [0.1, 0.15) is 29.6 Å². The molecule has 0 aliphatic carbocycles. The third-order valence-corrected chi connectivity index (χ3v) is 6.90. The van der Waals surface area contributed by atoms with Crippen LogP contribution in [0.3, 0.4) is 0 Å². The lowest BCUT2D eigenvalue weighted by Crippen LogP contribution is -2.29. The molecule has 3 aromatic rings. The van der Waals surface area contributed by atoms with Gasteiger partial charge in [-0.05, 0) is 67.4 Å². The Morgan fingerprint density at radius 2 is 1.82 bits per heavy atom. The van der Waals surface area contributed by atoms with Crippen LogP contribution in [-0.2, 0) is 16.1 Å². The van der Waals surface area contributed by atoms with E-state index < -0.39 is 17.7 Å². The van der Waals surface area contributed by atoms with E-state index in [1.54, 1.807) is 25.3 Å². The first kappa shape index (κ1) is 26.2. The maximum absolute atomic E-state index is 13.5. The number of rotatable bonds is 7. The number of carbonyl (C=O) groups is 2. The van der Waals surface area contributed by atoms with Gasteiger partial charge in [-0.1, -0.05) is 24.3 Å². The molecule has 0 spiro atoms. The summed E-state index contributed by atoms with van der Waals surface area (Å²) in [4.78, 5) is 30.5. The van der Waals surface area contributed by atoms with Gasteiger partial charge >= 0.3 is 0 Å². The first-order valence-corrected chi connectivity index (χ1v) is 12.9. The van der Waals surface area contributed by atoms with Crippen LogP contribution in [0.5, 0.6) is 17.2 Å². The Balaban J connectivity index is 1.64. The number of ketones is 1. The fourth-order valence-electron chi connectivity index (χ4n) is 5.04. The van der Waals surface area contributed by atoms with Gasteiger partial charge < -0.3 is 29.1 Å². The van der Waals surface area contributed by atoms with Crippen LogP contribution in [0.2, 0.25) is 0 Å². The summed E-state index contributed by atoms with van der Waals surface area (Å²) in [5, 5.41) is 11.6. The van der Waals surface area contributed by atoms with Gasteiger partial charge in [0.05, 0.1) is 37.1 Å². The van der Waals surface area contributed by atoms with Crippen molar-refractivity contribution >= 4 is 23.1 Å². The van der Waals surface area contributed by atoms with E-state index in [-0.39, 0.29) is 24.0 Å². The number of anilines is 1. The summed E-state index contributed by atoms with van der Waals surface area (Å²) in [7, 11) is 3.52. The fraction of sp³-hybridized carbons (Fsp3) is 0.290. The first-order chi connectivity index (χ1) is 18.8. The molecule has 0 radical (unpaired) electrons. The maximum atomic E-state index is 13.5. The van der Waals surface area contributed by atoms with Gasteiger partial charge in [-0.25, -0.2) is 0 Å². The van der Waals surface area contributed by atoms with Crippen molar-refractivity contribution in [3.8, 4) is 17.2 Å². The minimum atomic E-state index is -0.822. The lowest BCUT2D eigenvalue weighted by molar-refractivity contribution is -0.140. The molecule has 2 aliphatic heterocycles. The topological polar surface area (TPSA) is 88.5 Å². The summed E-state index contributed by atoms with van der Waals surface area (Å²) in [5.41, 5.74) is 2.73. The molecule has 8 nitrogen and oxygen atoms in total. The summed E-state index contributed by atoms with van der Waals surface area (Å²) in [6, 6.07) is 19.1. The standard InChI is InChI=1S/C31H32N2O6/c1-19(2)39-24-10-6-8-21(16-24)28-27(29(34)22-11-12-26-25(17-22)32(3)13-14-38-26)30(35)31(36)33(28)18-20-7-5-9-23(15-20)37-4/h5-12,15-17,19,28,34H,13-14,18H2,1-4H3/b29-27-. The van der Waals surface area contributed by atoms with Crippen molar-refractivity contribution in [2.75, 3.05) is 32.2 Å². The molecule has 0 aromatic heterocycles. The van der Waals surface area contributed by atoms with Crippen molar-refractivity contribution in [1.82, 2.24) is 4.90 Å². The Labute approximate surface area is 228 Å². The van der Waals surface area contributed by atoms with E-state index in [1.165, 1.54) is 4.90 Å². The van der Waals surface area contributed by atoms with Crippen LogP contribution in [0.25, 0.3) is 5.76 Å². The van der Waals surface area contributed by atoms with Crippen LogP contribution in [-0.4, -0.2) is 55.1 Å². The van der Waals surface area contributed by atoms with E-state index >= 15 is 0 Å². The quantitative estimate of drug-likeness (QED) is 0.264. The Morgan fingerprint density at radius 1 is 1.05 bits per heavy atom. The van der Waals surface area contributed by atoms with Crippen molar-refractivity contribution < 1.29 is 28.9 Å². The second kappa shape index (κ2) is 10.7. The zero-order valence-electron chi connectivity index (χ0n) is 22.5. The highest BCUT2D eigenvalue weighted by Gasteiger charge is 2.46. The van der Waals surface area contributed by atoms with E-state index in [4.69, 9.17) is 14.2 Å². The molecule has 1 N–H and O–H groups in total. The van der Waals surface area contributed by atoms with Gasteiger partial charge in [-0.2, -0.15) is 0 Å². The number of likely N-dealkylation sites (N-methyl/N-ethyl adjacent to an activating group) is 1. The molecule has 1 amide bonds. The SMILES string of the molecule is COc1cccc(CN2C(=O)C(=O)/C(=C(\O)c3ccc4c(c3)N(C)CCO4)C2c2cccc(OC(C)C)c2)c1. The molecular weight excluding hydrogens is 496 g/mol. The molecule has 39 heavy (non-hydrogen) atoms. The van der Waals surface area contributed by atoms with Gasteiger partial charge in [0, 0.05) is 19.2 Å². The van der Waals surface area contributed by atoms with Crippen molar-refractivity contribution in [1.29, 1.82) is 0 Å². The van der Waals surface area contributed by atoms with Crippen LogP contribution in [0.1, 0.15) is 36.6 Å². The minimum Gasteiger partial charge on any atom is -0.507 e. The largest absolute Gasteiger partial charge is 0.507 e. The second-order valence-corrected chi connectivity index (χ2v) is 9.97. The van der Waals surface area contributed by atoms with E-state index in [0.29, 0.717) is 41.5 Å². The normalized spacial score (nSPS) is 18.2. The zero-order chi connectivity index (χ0) is 27.7. The van der Waals surface area contributed by atoms with E-state index in [2.05, 4.69) is 0 Å². The highest BCUT2D eigenvalue weighted by Crippen LogP contribution is 2.42. The highest BCUT2D eigenvalue weighted by molar-refractivity contribution is 6.46. The molecule has 1 fully saturated rings. The third-order valence-electron chi connectivity index (χ3n) is 6.90. The minimum absolute atomic E-state index is 0.0314. The third kappa shape index (κ3) is 5.14. The number of amides is 1. The second-order valence-electron chi connectivity index (χ2n) is 9.97. The van der Waals surface area contributed by atoms with Gasteiger partial charge in [-0.3, -0.25) is 9.59 Å². The lowest BCUT2D eigenvalue weighted by Gasteiger charge is -2.28. The predicted molar refractivity (Wildman–Crippen MR) is 148 cm³/mol. The number of nitrogens with zero attached hydrogens (tertiary/aromatic N) is 2. The Morgan fingerprint density at radius 3 is 2.59 bits per heavy atom. The number of benzene rings is 3. The number of hydrogen-bond acceptors (Lipinski definition) is 7. The van der Waals surface area contributed by atoms with Gasteiger partial charge in [0.2, 0.25) is 0 Å². The van der Waals surface area contributed by atoms with Crippen LogP contribution in [0.15, 0.2) is 72.3 Å². The molecule has 2 heterocycles. The van der Waals surface area contributed by atoms with Crippen LogP contribution < -0.4 is 19.1 Å². The van der Waals surface area contributed by atoms with Crippen LogP contribution in [0, 0.1) is 0 Å². The molecule has 1 atom stereocenters. The monoisotopic (exact) mass is 528 g/mol. The molecule has 0 bridgehead atoms. The number of carbonyl (C=O) groups excluding carboxylic acids is 2. The van der Waals surface area contributed by atoms with E-state index in [1.807, 2.05) is 74.3 Å². The summed E-state index contributed by atoms with van der Waals surface area (Å²) < 4.78 is 17.0. The molecule has 202 valence electrons. The van der Waals surface area contributed by atoms with Gasteiger partial charge in [-0.15, -0.1) is 0 Å². The first-order valence-electron chi connectivity index (χ1n) is 12.9. The number of likely N-dealkylation sites (tertiary alicyclic amines) is 1. The molecule has 1 saturated heterocycles.